The number of ether oxygens (including phenoxy) is 2. The maximum Gasteiger partial charge on any atom is 0.190 e. The van der Waals surface area contributed by atoms with Crippen molar-refractivity contribution in [1.82, 2.24) is 0 Å². The fraction of sp³-hybridized carbons (Fsp3) is 0.909. The zero-order chi connectivity index (χ0) is 9.80. The predicted octanol–water partition coefficient (Wildman–Crippen LogP) is 1.69. The lowest BCUT2D eigenvalue weighted by atomic mass is 9.97. The number of hydrogen-bond donors (Lipinski definition) is 0. The maximum atomic E-state index is 11.9. The predicted molar refractivity (Wildman–Crippen MR) is 52.2 cm³/mol. The average molecular weight is 198 g/mol. The molecule has 0 spiro atoms. The number of hydrogen-bond acceptors (Lipinski definition) is 3. The van der Waals surface area contributed by atoms with E-state index < -0.39 is 0 Å². The van der Waals surface area contributed by atoms with Gasteiger partial charge in [-0.05, 0) is 38.5 Å². The zero-order valence-electron chi connectivity index (χ0n) is 8.54. The highest BCUT2D eigenvalue weighted by Gasteiger charge is 2.30. The topological polar surface area (TPSA) is 35.5 Å². The molecule has 0 aromatic heterocycles. The van der Waals surface area contributed by atoms with Gasteiger partial charge < -0.3 is 9.47 Å². The Labute approximate surface area is 84.8 Å². The molecule has 2 heterocycles. The number of rotatable bonds is 2. The van der Waals surface area contributed by atoms with E-state index in [9.17, 15) is 4.79 Å². The molecule has 3 heteroatoms. The highest BCUT2D eigenvalue weighted by molar-refractivity contribution is 5.87. The first-order chi connectivity index (χ1) is 6.88. The van der Waals surface area contributed by atoms with E-state index in [1.54, 1.807) is 0 Å². The molecule has 0 amide bonds. The molecule has 0 radical (unpaired) electrons. The Hall–Kier alpha value is -0.410. The van der Waals surface area contributed by atoms with E-state index >= 15 is 0 Å². The van der Waals surface area contributed by atoms with Crippen molar-refractivity contribution in [2.45, 2.75) is 50.7 Å². The van der Waals surface area contributed by atoms with Crippen molar-refractivity contribution in [2.24, 2.45) is 0 Å². The highest BCUT2D eigenvalue weighted by atomic mass is 16.5. The summed E-state index contributed by atoms with van der Waals surface area (Å²) in [6, 6.07) is 0. The van der Waals surface area contributed by atoms with Crippen LogP contribution in [0.3, 0.4) is 0 Å². The molecule has 0 saturated carbocycles. The summed E-state index contributed by atoms with van der Waals surface area (Å²) in [4.78, 5) is 11.9. The second-order valence-corrected chi connectivity index (χ2v) is 4.11. The Bertz CT molecular complexity index is 171. The lowest BCUT2D eigenvalue weighted by Crippen LogP contribution is -2.39. The molecule has 2 aliphatic heterocycles. The molecule has 14 heavy (non-hydrogen) atoms. The molecule has 0 N–H and O–H groups in total. The van der Waals surface area contributed by atoms with Crippen LogP contribution in [0.25, 0.3) is 0 Å². The summed E-state index contributed by atoms with van der Waals surface area (Å²) in [5.74, 6) is 0.185. The molecular formula is C11H18O3. The van der Waals surface area contributed by atoms with Crippen LogP contribution in [0.5, 0.6) is 0 Å². The Morgan fingerprint density at radius 1 is 0.857 bits per heavy atom. The van der Waals surface area contributed by atoms with Gasteiger partial charge in [-0.25, -0.2) is 0 Å². The van der Waals surface area contributed by atoms with Gasteiger partial charge in [0.2, 0.25) is 0 Å². The molecule has 80 valence electrons. The minimum Gasteiger partial charge on any atom is -0.370 e. The SMILES string of the molecule is O=C(C1CCCCO1)C1CCCCO1. The van der Waals surface area contributed by atoms with Crippen molar-refractivity contribution >= 4 is 5.78 Å². The first-order valence-electron chi connectivity index (χ1n) is 5.65. The highest BCUT2D eigenvalue weighted by Crippen LogP contribution is 2.20. The quantitative estimate of drug-likeness (QED) is 0.677. The van der Waals surface area contributed by atoms with Crippen LogP contribution in [0, 0.1) is 0 Å². The van der Waals surface area contributed by atoms with E-state index in [4.69, 9.17) is 9.47 Å². The third-order valence-corrected chi connectivity index (χ3v) is 2.99. The lowest BCUT2D eigenvalue weighted by Gasteiger charge is -2.27. The fourth-order valence-corrected chi connectivity index (χ4v) is 2.14. The van der Waals surface area contributed by atoms with Crippen molar-refractivity contribution in [1.29, 1.82) is 0 Å². The van der Waals surface area contributed by atoms with Crippen LogP contribution in [0.1, 0.15) is 38.5 Å². The third kappa shape index (κ3) is 2.34. The molecular weight excluding hydrogens is 180 g/mol. The van der Waals surface area contributed by atoms with E-state index in [2.05, 4.69) is 0 Å². The summed E-state index contributed by atoms with van der Waals surface area (Å²) in [6.07, 6.45) is 5.84. The molecule has 0 aromatic rings. The van der Waals surface area contributed by atoms with Gasteiger partial charge in [0, 0.05) is 13.2 Å². The van der Waals surface area contributed by atoms with Crippen molar-refractivity contribution in [3.05, 3.63) is 0 Å². The fourth-order valence-electron chi connectivity index (χ4n) is 2.14. The minimum atomic E-state index is -0.174. The second-order valence-electron chi connectivity index (χ2n) is 4.11. The molecule has 2 unspecified atom stereocenters. The van der Waals surface area contributed by atoms with E-state index in [1.165, 1.54) is 0 Å². The normalized spacial score (nSPS) is 34.0. The van der Waals surface area contributed by atoms with Gasteiger partial charge in [0.25, 0.3) is 0 Å². The molecule has 2 fully saturated rings. The molecule has 2 rings (SSSR count). The van der Waals surface area contributed by atoms with Crippen LogP contribution in [0.2, 0.25) is 0 Å². The Morgan fingerprint density at radius 3 is 1.71 bits per heavy atom. The van der Waals surface area contributed by atoms with Crippen LogP contribution in [0.4, 0.5) is 0 Å². The van der Waals surface area contributed by atoms with Gasteiger partial charge in [-0.15, -0.1) is 0 Å². The van der Waals surface area contributed by atoms with E-state index in [-0.39, 0.29) is 18.0 Å². The van der Waals surface area contributed by atoms with Gasteiger partial charge in [-0.1, -0.05) is 0 Å². The summed E-state index contributed by atoms with van der Waals surface area (Å²) in [5, 5.41) is 0. The Morgan fingerprint density at radius 2 is 1.36 bits per heavy atom. The Kier molecular flexibility index (Phi) is 3.54. The molecule has 0 aromatic carbocycles. The smallest absolute Gasteiger partial charge is 0.190 e. The van der Waals surface area contributed by atoms with Crippen molar-refractivity contribution in [3.63, 3.8) is 0 Å². The standard InChI is InChI=1S/C11H18O3/c12-11(9-5-1-3-7-13-9)10-6-2-4-8-14-10/h9-10H,1-8H2. The average Bonchev–Trinajstić information content (AvgIpc) is 2.30. The lowest BCUT2D eigenvalue weighted by molar-refractivity contribution is -0.147. The zero-order valence-corrected chi connectivity index (χ0v) is 8.54. The number of carbonyl (C=O) groups is 1. The van der Waals surface area contributed by atoms with Crippen molar-refractivity contribution in [2.75, 3.05) is 13.2 Å². The largest absolute Gasteiger partial charge is 0.370 e. The van der Waals surface area contributed by atoms with Crippen LogP contribution >= 0.6 is 0 Å². The summed E-state index contributed by atoms with van der Waals surface area (Å²) >= 11 is 0. The van der Waals surface area contributed by atoms with Crippen molar-refractivity contribution < 1.29 is 14.3 Å². The van der Waals surface area contributed by atoms with Gasteiger partial charge in [-0.2, -0.15) is 0 Å². The summed E-state index contributed by atoms with van der Waals surface area (Å²) in [7, 11) is 0. The number of Topliss-reactive ketones (excluding diaryl/α,β-unsaturated/α-hetero) is 1. The van der Waals surface area contributed by atoms with Crippen LogP contribution in [-0.4, -0.2) is 31.2 Å². The van der Waals surface area contributed by atoms with E-state index in [1.807, 2.05) is 0 Å². The molecule has 2 atom stereocenters. The van der Waals surface area contributed by atoms with Crippen LogP contribution in [-0.2, 0) is 14.3 Å². The second kappa shape index (κ2) is 4.89. The summed E-state index contributed by atoms with van der Waals surface area (Å²) < 4.78 is 10.9. The Balaban J connectivity index is 1.85. The monoisotopic (exact) mass is 198 g/mol. The van der Waals surface area contributed by atoms with Gasteiger partial charge >= 0.3 is 0 Å². The van der Waals surface area contributed by atoms with Gasteiger partial charge in [0.05, 0.1) is 0 Å². The third-order valence-electron chi connectivity index (χ3n) is 2.99. The molecule has 0 aliphatic carbocycles. The first kappa shape index (κ1) is 10.1. The summed E-state index contributed by atoms with van der Waals surface area (Å²) in [5.41, 5.74) is 0. The first-order valence-corrected chi connectivity index (χ1v) is 5.65. The summed E-state index contributed by atoms with van der Waals surface area (Å²) in [6.45, 7) is 1.48. The minimum absolute atomic E-state index is 0.174. The molecule has 3 nitrogen and oxygen atoms in total. The van der Waals surface area contributed by atoms with E-state index in [0.717, 1.165) is 51.7 Å². The molecule has 2 aliphatic rings. The number of ketones is 1. The van der Waals surface area contributed by atoms with Gasteiger partial charge in [-0.3, -0.25) is 4.79 Å². The van der Waals surface area contributed by atoms with E-state index in [0.29, 0.717) is 0 Å². The van der Waals surface area contributed by atoms with Crippen molar-refractivity contribution in [3.8, 4) is 0 Å². The van der Waals surface area contributed by atoms with Crippen LogP contribution < -0.4 is 0 Å². The maximum absolute atomic E-state index is 11.9. The van der Waals surface area contributed by atoms with Gasteiger partial charge in [0.15, 0.2) is 5.78 Å². The number of carbonyl (C=O) groups excluding carboxylic acids is 1. The molecule has 0 bridgehead atoms. The molecule has 2 saturated heterocycles. The van der Waals surface area contributed by atoms with Crippen LogP contribution in [0.15, 0.2) is 0 Å². The van der Waals surface area contributed by atoms with Gasteiger partial charge in [0.1, 0.15) is 12.2 Å².